The molecule has 0 amide bonds. The van der Waals surface area contributed by atoms with Gasteiger partial charge in [-0.1, -0.05) is 0 Å². The quantitative estimate of drug-likeness (QED) is 0.674. The lowest BCUT2D eigenvalue weighted by Gasteiger charge is -1.96. The Hall–Kier alpha value is -1.42. The molecule has 4 nitrogen and oxygen atoms in total. The van der Waals surface area contributed by atoms with Crippen LogP contribution >= 0.6 is 0 Å². The molecular weight excluding hydrogens is 152 g/mol. The van der Waals surface area contributed by atoms with E-state index < -0.39 is 0 Å². The van der Waals surface area contributed by atoms with Gasteiger partial charge in [0.2, 0.25) is 0 Å². The summed E-state index contributed by atoms with van der Waals surface area (Å²) in [6, 6.07) is 1.91. The number of nitrogens with two attached hydrogens (primary N) is 1. The smallest absolute Gasteiger partial charge is 0.110 e. The molecule has 2 heterocycles. The van der Waals surface area contributed by atoms with E-state index in [4.69, 9.17) is 5.73 Å². The van der Waals surface area contributed by atoms with Gasteiger partial charge in [0.05, 0.1) is 17.5 Å². The first-order valence-electron chi connectivity index (χ1n) is 3.89. The van der Waals surface area contributed by atoms with Crippen molar-refractivity contribution in [3.8, 4) is 0 Å². The van der Waals surface area contributed by atoms with Crippen LogP contribution in [0, 0.1) is 0 Å². The zero-order chi connectivity index (χ0) is 8.39. The van der Waals surface area contributed by atoms with E-state index in [1.54, 1.807) is 12.5 Å². The average molecular weight is 162 g/mol. The third kappa shape index (κ3) is 1.06. The number of nitrogens with zero attached hydrogens (tertiary/aromatic N) is 2. The fraction of sp³-hybridized carbons (Fsp3) is 0.250. The van der Waals surface area contributed by atoms with Gasteiger partial charge in [-0.2, -0.15) is 0 Å². The summed E-state index contributed by atoms with van der Waals surface area (Å²) in [6.45, 7) is 0.610. The largest absolute Gasteiger partial charge is 0.344 e. The zero-order valence-corrected chi connectivity index (χ0v) is 6.62. The molecule has 0 bridgehead atoms. The third-order valence-electron chi connectivity index (χ3n) is 1.79. The maximum Gasteiger partial charge on any atom is 0.110 e. The number of aromatic amines is 1. The van der Waals surface area contributed by atoms with Crippen molar-refractivity contribution in [2.24, 2.45) is 5.73 Å². The third-order valence-corrected chi connectivity index (χ3v) is 1.79. The van der Waals surface area contributed by atoms with Crippen LogP contribution in [0.4, 0.5) is 0 Å². The highest BCUT2D eigenvalue weighted by Crippen LogP contribution is 2.11. The zero-order valence-electron chi connectivity index (χ0n) is 6.62. The predicted molar refractivity (Wildman–Crippen MR) is 46.6 cm³/mol. The summed E-state index contributed by atoms with van der Waals surface area (Å²) in [5.74, 6) is 0. The highest BCUT2D eigenvalue weighted by atomic mass is 14.9. The number of fused-ring (bicyclic) bond motifs is 1. The van der Waals surface area contributed by atoms with E-state index in [1.807, 2.05) is 6.07 Å². The van der Waals surface area contributed by atoms with Crippen molar-refractivity contribution < 1.29 is 0 Å². The summed E-state index contributed by atoms with van der Waals surface area (Å²) in [6.07, 6.45) is 4.22. The predicted octanol–water partition coefficient (Wildman–Crippen LogP) is 0.459. The van der Waals surface area contributed by atoms with Gasteiger partial charge in [0.15, 0.2) is 0 Å². The van der Waals surface area contributed by atoms with Crippen LogP contribution in [0.1, 0.15) is 5.69 Å². The average Bonchev–Trinajstić information content (AvgIpc) is 2.53. The molecule has 62 valence electrons. The molecule has 0 fully saturated rings. The summed E-state index contributed by atoms with van der Waals surface area (Å²) < 4.78 is 0. The lowest BCUT2D eigenvalue weighted by Crippen LogP contribution is -2.04. The summed E-state index contributed by atoms with van der Waals surface area (Å²) >= 11 is 0. The molecule has 0 radical (unpaired) electrons. The number of pyridine rings is 1. The Morgan fingerprint density at radius 3 is 3.17 bits per heavy atom. The molecule has 4 heteroatoms. The lowest BCUT2D eigenvalue weighted by atomic mass is 10.2. The summed E-state index contributed by atoms with van der Waals surface area (Å²) in [7, 11) is 0. The monoisotopic (exact) mass is 162 g/mol. The van der Waals surface area contributed by atoms with Gasteiger partial charge in [0, 0.05) is 12.6 Å². The number of aromatic nitrogens is 3. The van der Waals surface area contributed by atoms with E-state index in [1.165, 1.54) is 0 Å². The van der Waals surface area contributed by atoms with Gasteiger partial charge in [-0.15, -0.1) is 0 Å². The molecule has 0 saturated carbocycles. The van der Waals surface area contributed by atoms with Crippen molar-refractivity contribution in [2.75, 3.05) is 6.54 Å². The van der Waals surface area contributed by atoms with Crippen LogP contribution in [-0.2, 0) is 6.42 Å². The van der Waals surface area contributed by atoms with E-state index in [0.29, 0.717) is 6.54 Å². The minimum Gasteiger partial charge on any atom is -0.344 e. The number of nitrogens with one attached hydrogen (secondary N) is 1. The summed E-state index contributed by atoms with van der Waals surface area (Å²) in [5.41, 5.74) is 8.37. The topological polar surface area (TPSA) is 67.6 Å². The second-order valence-electron chi connectivity index (χ2n) is 2.60. The molecule has 0 aliphatic carbocycles. The van der Waals surface area contributed by atoms with Crippen molar-refractivity contribution in [1.29, 1.82) is 0 Å². The molecule has 0 aliphatic rings. The van der Waals surface area contributed by atoms with Crippen LogP contribution in [-0.4, -0.2) is 21.5 Å². The van der Waals surface area contributed by atoms with E-state index in [9.17, 15) is 0 Å². The Labute approximate surface area is 69.8 Å². The molecule has 0 saturated heterocycles. The fourth-order valence-electron chi connectivity index (χ4n) is 1.24. The molecule has 2 rings (SSSR count). The number of hydrogen-bond acceptors (Lipinski definition) is 3. The highest BCUT2D eigenvalue weighted by Gasteiger charge is 2.02. The molecular formula is C8H10N4. The van der Waals surface area contributed by atoms with Gasteiger partial charge >= 0.3 is 0 Å². The normalized spacial score (nSPS) is 10.8. The molecule has 2 aromatic rings. The number of hydrogen-bond donors (Lipinski definition) is 2. The SMILES string of the molecule is NCCc1nccc2[nH]cnc12. The number of H-pyrrole nitrogens is 1. The Kier molecular flexibility index (Phi) is 1.75. The van der Waals surface area contributed by atoms with Crippen LogP contribution in [0.2, 0.25) is 0 Å². The number of imidazole rings is 1. The summed E-state index contributed by atoms with van der Waals surface area (Å²) in [5, 5.41) is 0. The highest BCUT2D eigenvalue weighted by molar-refractivity contribution is 5.76. The van der Waals surface area contributed by atoms with Crippen molar-refractivity contribution in [2.45, 2.75) is 6.42 Å². The molecule has 0 atom stereocenters. The van der Waals surface area contributed by atoms with Crippen molar-refractivity contribution in [1.82, 2.24) is 15.0 Å². The van der Waals surface area contributed by atoms with Crippen LogP contribution < -0.4 is 5.73 Å². The Morgan fingerprint density at radius 2 is 2.33 bits per heavy atom. The van der Waals surface area contributed by atoms with Crippen molar-refractivity contribution in [3.05, 3.63) is 24.3 Å². The lowest BCUT2D eigenvalue weighted by molar-refractivity contribution is 0.931. The van der Waals surface area contributed by atoms with Crippen molar-refractivity contribution in [3.63, 3.8) is 0 Å². The van der Waals surface area contributed by atoms with E-state index in [2.05, 4.69) is 15.0 Å². The van der Waals surface area contributed by atoms with Gasteiger partial charge in [0.1, 0.15) is 5.52 Å². The van der Waals surface area contributed by atoms with Gasteiger partial charge in [-0.3, -0.25) is 4.98 Å². The molecule has 0 spiro atoms. The molecule has 2 aromatic heterocycles. The second kappa shape index (κ2) is 2.91. The number of rotatable bonds is 2. The molecule has 0 unspecified atom stereocenters. The minimum atomic E-state index is 0.610. The van der Waals surface area contributed by atoms with Crippen LogP contribution in [0.25, 0.3) is 11.0 Å². The van der Waals surface area contributed by atoms with E-state index in [0.717, 1.165) is 23.1 Å². The second-order valence-corrected chi connectivity index (χ2v) is 2.60. The van der Waals surface area contributed by atoms with E-state index >= 15 is 0 Å². The van der Waals surface area contributed by atoms with Gasteiger partial charge < -0.3 is 10.7 Å². The Balaban J connectivity index is 2.57. The van der Waals surface area contributed by atoms with Crippen LogP contribution in [0.3, 0.4) is 0 Å². The Bertz CT molecular complexity index is 379. The molecule has 3 N–H and O–H groups in total. The Morgan fingerprint density at radius 1 is 1.42 bits per heavy atom. The first-order valence-corrected chi connectivity index (χ1v) is 3.89. The maximum atomic E-state index is 5.44. The minimum absolute atomic E-state index is 0.610. The molecule has 0 aliphatic heterocycles. The summed E-state index contributed by atoms with van der Waals surface area (Å²) in [4.78, 5) is 11.4. The van der Waals surface area contributed by atoms with Gasteiger partial charge in [0.25, 0.3) is 0 Å². The first-order chi connectivity index (χ1) is 5.92. The molecule has 12 heavy (non-hydrogen) atoms. The van der Waals surface area contributed by atoms with Crippen molar-refractivity contribution >= 4 is 11.0 Å². The first kappa shape index (κ1) is 7.24. The fourth-order valence-corrected chi connectivity index (χ4v) is 1.24. The van der Waals surface area contributed by atoms with Gasteiger partial charge in [-0.25, -0.2) is 4.98 Å². The molecule has 0 aromatic carbocycles. The van der Waals surface area contributed by atoms with Crippen LogP contribution in [0.5, 0.6) is 0 Å². The van der Waals surface area contributed by atoms with Crippen LogP contribution in [0.15, 0.2) is 18.6 Å². The van der Waals surface area contributed by atoms with E-state index in [-0.39, 0.29) is 0 Å². The maximum absolute atomic E-state index is 5.44. The van der Waals surface area contributed by atoms with Gasteiger partial charge in [-0.05, 0) is 12.6 Å². The standard InChI is InChI=1S/C8H10N4/c9-3-1-6-8-7(2-4-10-6)11-5-12-8/h2,4-5H,1,3,9H2,(H,11,12).